The van der Waals surface area contributed by atoms with Crippen LogP contribution in [0.25, 0.3) is 0 Å². The predicted molar refractivity (Wildman–Crippen MR) is 67.3 cm³/mol. The van der Waals surface area contributed by atoms with Gasteiger partial charge in [-0.05, 0) is 36.7 Å². The molecule has 0 aromatic carbocycles. The molecular formula is C11H11Cl3S. The molecule has 2 aliphatic carbocycles. The van der Waals surface area contributed by atoms with Crippen LogP contribution >= 0.6 is 46.1 Å². The second kappa shape index (κ2) is 3.80. The fourth-order valence-electron chi connectivity index (χ4n) is 3.06. The monoisotopic (exact) mass is 280 g/mol. The summed E-state index contributed by atoms with van der Waals surface area (Å²) in [5.41, 5.74) is 1.05. The van der Waals surface area contributed by atoms with Gasteiger partial charge < -0.3 is 0 Å². The highest BCUT2D eigenvalue weighted by molar-refractivity contribution is 7.20. The van der Waals surface area contributed by atoms with Crippen molar-refractivity contribution < 1.29 is 0 Å². The van der Waals surface area contributed by atoms with E-state index in [1.807, 2.05) is 6.07 Å². The van der Waals surface area contributed by atoms with Crippen LogP contribution in [0.2, 0.25) is 8.67 Å². The average Bonchev–Trinajstić information content (AvgIpc) is 2.58. The molecule has 0 saturated heterocycles. The van der Waals surface area contributed by atoms with E-state index in [-0.39, 0.29) is 5.38 Å². The number of hydrogen-bond acceptors (Lipinski definition) is 1. The maximum absolute atomic E-state index is 6.49. The molecule has 1 heterocycles. The molecule has 4 heteroatoms. The van der Waals surface area contributed by atoms with E-state index in [2.05, 4.69) is 0 Å². The van der Waals surface area contributed by atoms with Gasteiger partial charge in [0.15, 0.2) is 0 Å². The summed E-state index contributed by atoms with van der Waals surface area (Å²) in [4.78, 5) is 0. The molecule has 1 aromatic heterocycles. The molecule has 2 saturated carbocycles. The zero-order valence-corrected chi connectivity index (χ0v) is 11.1. The summed E-state index contributed by atoms with van der Waals surface area (Å²) in [6, 6.07) is 1.93. The molecule has 0 radical (unpaired) electrons. The van der Waals surface area contributed by atoms with Crippen LogP contribution in [-0.4, -0.2) is 0 Å². The van der Waals surface area contributed by atoms with E-state index in [0.717, 1.165) is 26.1 Å². The van der Waals surface area contributed by atoms with Crippen LogP contribution in [0.5, 0.6) is 0 Å². The smallest absolute Gasteiger partial charge is 0.0991 e. The van der Waals surface area contributed by atoms with Crippen molar-refractivity contribution in [3.63, 3.8) is 0 Å². The van der Waals surface area contributed by atoms with Gasteiger partial charge in [0, 0.05) is 5.56 Å². The van der Waals surface area contributed by atoms with Gasteiger partial charge in [0.2, 0.25) is 0 Å². The predicted octanol–water partition coefficient (Wildman–Crippen LogP) is 5.38. The number of alkyl halides is 1. The van der Waals surface area contributed by atoms with Crippen LogP contribution in [-0.2, 0) is 0 Å². The van der Waals surface area contributed by atoms with Gasteiger partial charge in [0.1, 0.15) is 0 Å². The van der Waals surface area contributed by atoms with Crippen molar-refractivity contribution in [3.05, 3.63) is 20.3 Å². The van der Waals surface area contributed by atoms with Crippen molar-refractivity contribution >= 4 is 46.1 Å². The van der Waals surface area contributed by atoms with Crippen LogP contribution in [0, 0.1) is 17.8 Å². The minimum absolute atomic E-state index is 0.0801. The standard InChI is InChI=1S/C11H11Cl3S/c12-8-4-7(11(14)15-8)10(13)9-5-2-1-3-6(5)9/h4-6,9-10H,1-3H2. The highest BCUT2D eigenvalue weighted by atomic mass is 35.5. The van der Waals surface area contributed by atoms with Crippen molar-refractivity contribution in [2.75, 3.05) is 0 Å². The van der Waals surface area contributed by atoms with E-state index in [1.54, 1.807) is 0 Å². The fourth-order valence-corrected chi connectivity index (χ4v) is 5.28. The molecule has 2 aliphatic rings. The Morgan fingerprint density at radius 1 is 1.27 bits per heavy atom. The molecule has 3 atom stereocenters. The third kappa shape index (κ3) is 1.72. The van der Waals surface area contributed by atoms with Crippen molar-refractivity contribution in [2.24, 2.45) is 17.8 Å². The third-order valence-corrected chi connectivity index (χ3v) is 5.83. The molecule has 1 aromatic rings. The summed E-state index contributed by atoms with van der Waals surface area (Å²) in [6.45, 7) is 0. The van der Waals surface area contributed by atoms with Gasteiger partial charge in [0.25, 0.3) is 0 Å². The number of fused-ring (bicyclic) bond motifs is 1. The third-order valence-electron chi connectivity index (χ3n) is 3.79. The molecule has 2 fully saturated rings. The van der Waals surface area contributed by atoms with Gasteiger partial charge in [-0.2, -0.15) is 0 Å². The molecule has 0 aliphatic heterocycles. The summed E-state index contributed by atoms with van der Waals surface area (Å²) in [5, 5.41) is 0.0801. The van der Waals surface area contributed by atoms with Gasteiger partial charge in [0.05, 0.1) is 14.0 Å². The molecule has 0 spiro atoms. The molecule has 3 unspecified atom stereocenters. The number of halogens is 3. The quantitative estimate of drug-likeness (QED) is 0.638. The Morgan fingerprint density at radius 2 is 1.93 bits per heavy atom. The highest BCUT2D eigenvalue weighted by Crippen LogP contribution is 2.64. The summed E-state index contributed by atoms with van der Waals surface area (Å²) < 4.78 is 1.51. The summed E-state index contributed by atoms with van der Waals surface area (Å²) >= 11 is 20.0. The van der Waals surface area contributed by atoms with E-state index in [9.17, 15) is 0 Å². The number of hydrogen-bond donors (Lipinski definition) is 0. The van der Waals surface area contributed by atoms with Crippen LogP contribution in [0.3, 0.4) is 0 Å². The first kappa shape index (κ1) is 10.7. The van der Waals surface area contributed by atoms with Crippen LogP contribution in [0.15, 0.2) is 6.07 Å². The second-order valence-electron chi connectivity index (χ2n) is 4.52. The highest BCUT2D eigenvalue weighted by Gasteiger charge is 2.56. The Hall–Kier alpha value is 0.570. The molecule has 3 rings (SSSR count). The number of thiophene rings is 1. The molecule has 15 heavy (non-hydrogen) atoms. The molecule has 0 nitrogen and oxygen atoms in total. The van der Waals surface area contributed by atoms with Crippen LogP contribution in [0.1, 0.15) is 30.2 Å². The van der Waals surface area contributed by atoms with Crippen LogP contribution < -0.4 is 0 Å². The molecular weight excluding hydrogens is 271 g/mol. The molecule has 0 N–H and O–H groups in total. The lowest BCUT2D eigenvalue weighted by Crippen LogP contribution is -1.97. The summed E-state index contributed by atoms with van der Waals surface area (Å²) in [7, 11) is 0. The molecule has 0 amide bonds. The van der Waals surface area contributed by atoms with E-state index < -0.39 is 0 Å². The lowest BCUT2D eigenvalue weighted by Gasteiger charge is -2.10. The maximum atomic E-state index is 6.49. The first-order valence-corrected chi connectivity index (χ1v) is 7.28. The Bertz CT molecular complexity index is 377. The zero-order chi connectivity index (χ0) is 10.6. The summed E-state index contributed by atoms with van der Waals surface area (Å²) in [6.07, 6.45) is 4.09. The van der Waals surface area contributed by atoms with Crippen LogP contribution in [0.4, 0.5) is 0 Å². The Kier molecular flexibility index (Phi) is 2.71. The number of rotatable bonds is 2. The first-order valence-electron chi connectivity index (χ1n) is 5.27. The van der Waals surface area contributed by atoms with Gasteiger partial charge in [-0.15, -0.1) is 22.9 Å². The Balaban J connectivity index is 1.80. The Morgan fingerprint density at radius 3 is 2.47 bits per heavy atom. The lowest BCUT2D eigenvalue weighted by atomic mass is 10.0. The van der Waals surface area contributed by atoms with Gasteiger partial charge in [-0.1, -0.05) is 29.6 Å². The van der Waals surface area contributed by atoms with Crippen molar-refractivity contribution in [3.8, 4) is 0 Å². The first-order chi connectivity index (χ1) is 7.18. The van der Waals surface area contributed by atoms with Crippen molar-refractivity contribution in [1.82, 2.24) is 0 Å². The van der Waals surface area contributed by atoms with E-state index in [0.29, 0.717) is 5.92 Å². The van der Waals surface area contributed by atoms with E-state index >= 15 is 0 Å². The van der Waals surface area contributed by atoms with E-state index in [4.69, 9.17) is 34.8 Å². The lowest BCUT2D eigenvalue weighted by molar-refractivity contribution is 0.574. The molecule has 82 valence electrons. The largest absolute Gasteiger partial charge is 0.117 e. The van der Waals surface area contributed by atoms with Gasteiger partial charge in [-0.25, -0.2) is 0 Å². The second-order valence-corrected chi connectivity index (χ2v) is 7.27. The van der Waals surface area contributed by atoms with Gasteiger partial charge >= 0.3 is 0 Å². The zero-order valence-electron chi connectivity index (χ0n) is 8.05. The van der Waals surface area contributed by atoms with E-state index in [1.165, 1.54) is 30.6 Å². The minimum Gasteiger partial charge on any atom is -0.117 e. The molecule has 0 bridgehead atoms. The summed E-state index contributed by atoms with van der Waals surface area (Å²) in [5.74, 6) is 2.38. The SMILES string of the molecule is Clc1cc(C(Cl)C2C3CCCC32)c(Cl)s1. The maximum Gasteiger partial charge on any atom is 0.0991 e. The fraction of sp³-hybridized carbons (Fsp3) is 0.636. The minimum atomic E-state index is 0.0801. The topological polar surface area (TPSA) is 0 Å². The average molecular weight is 282 g/mol. The van der Waals surface area contributed by atoms with Crippen molar-refractivity contribution in [1.29, 1.82) is 0 Å². The Labute approximate surface area is 109 Å². The normalized spacial score (nSPS) is 35.3. The van der Waals surface area contributed by atoms with Gasteiger partial charge in [-0.3, -0.25) is 0 Å². The van der Waals surface area contributed by atoms with Crippen molar-refractivity contribution in [2.45, 2.75) is 24.6 Å².